The maximum atomic E-state index is 14.9. The zero-order valence-electron chi connectivity index (χ0n) is 26.9. The minimum Gasteiger partial charge on any atom is -0.494 e. The van der Waals surface area contributed by atoms with E-state index in [1.807, 2.05) is 50.2 Å². The van der Waals surface area contributed by atoms with Crippen LogP contribution in [0.5, 0.6) is 5.75 Å². The van der Waals surface area contributed by atoms with Crippen LogP contribution in [0, 0.1) is 18.8 Å². The van der Waals surface area contributed by atoms with Crippen LogP contribution in [0.25, 0.3) is 0 Å². The number of alkyl halides is 1. The Morgan fingerprint density at radius 1 is 1.11 bits per heavy atom. The van der Waals surface area contributed by atoms with Crippen molar-refractivity contribution in [2.75, 3.05) is 42.6 Å². The third kappa shape index (κ3) is 6.37. The van der Waals surface area contributed by atoms with E-state index in [4.69, 9.17) is 21.1 Å². The molecule has 3 heterocycles. The molecule has 0 radical (unpaired) electrons. The molecular weight excluding hydrogens is 686 g/mol. The first-order chi connectivity index (χ1) is 22.6. The number of anilines is 2. The molecule has 47 heavy (non-hydrogen) atoms. The summed E-state index contributed by atoms with van der Waals surface area (Å²) in [4.78, 5) is 48.7. The van der Waals surface area contributed by atoms with Gasteiger partial charge in [0, 0.05) is 36.8 Å². The number of hydrogen-bond donors (Lipinski definition) is 1. The maximum absolute atomic E-state index is 14.9. The van der Waals surface area contributed by atoms with Gasteiger partial charge in [-0.3, -0.25) is 14.4 Å². The fourth-order valence-corrected chi connectivity index (χ4v) is 8.82. The van der Waals surface area contributed by atoms with E-state index in [1.54, 1.807) is 32.9 Å². The van der Waals surface area contributed by atoms with Crippen LogP contribution in [-0.4, -0.2) is 83.2 Å². The number of carbonyl (C=O) groups is 3. The molecule has 6 atom stereocenters. The van der Waals surface area contributed by atoms with E-state index in [-0.39, 0.29) is 48.8 Å². The lowest BCUT2D eigenvalue weighted by atomic mass is 9.70. The number of fused-ring (bicyclic) bond motifs is 1. The number of para-hydroxylation sites is 1. The molecule has 1 spiro atoms. The van der Waals surface area contributed by atoms with Crippen molar-refractivity contribution in [1.29, 1.82) is 0 Å². The van der Waals surface area contributed by atoms with E-state index in [0.29, 0.717) is 54.4 Å². The molecule has 2 aromatic carbocycles. The fourth-order valence-electron chi connectivity index (χ4n) is 7.56. The van der Waals surface area contributed by atoms with Gasteiger partial charge in [-0.15, -0.1) is 13.2 Å². The van der Waals surface area contributed by atoms with Crippen molar-refractivity contribution >= 4 is 56.6 Å². The third-order valence-corrected chi connectivity index (χ3v) is 10.6. The number of ether oxygens (including phenoxy) is 2. The monoisotopic (exact) mass is 727 g/mol. The van der Waals surface area contributed by atoms with Crippen molar-refractivity contribution in [3.05, 3.63) is 78.4 Å². The normalized spacial score (nSPS) is 25.9. The van der Waals surface area contributed by atoms with Crippen molar-refractivity contribution in [3.63, 3.8) is 0 Å². The number of nitrogens with zero attached hydrogens (tertiary/aromatic N) is 3. The lowest BCUT2D eigenvalue weighted by Crippen LogP contribution is -2.57. The first-order valence-corrected chi connectivity index (χ1v) is 17.5. The number of amides is 3. The van der Waals surface area contributed by atoms with Gasteiger partial charge < -0.3 is 29.3 Å². The highest BCUT2D eigenvalue weighted by Crippen LogP contribution is 2.60. The predicted molar refractivity (Wildman–Crippen MR) is 187 cm³/mol. The topological polar surface area (TPSA) is 99.6 Å². The average Bonchev–Trinajstić information content (AvgIpc) is 3.64. The summed E-state index contributed by atoms with van der Waals surface area (Å²) in [5.74, 6) is -1.88. The van der Waals surface area contributed by atoms with Gasteiger partial charge in [0.05, 0.1) is 35.3 Å². The summed E-state index contributed by atoms with van der Waals surface area (Å²) in [6.07, 6.45) is 4.89. The highest BCUT2D eigenvalue weighted by molar-refractivity contribution is 9.09. The van der Waals surface area contributed by atoms with Crippen LogP contribution in [0.2, 0.25) is 5.02 Å². The number of benzene rings is 2. The lowest BCUT2D eigenvalue weighted by molar-refractivity contribution is -0.140. The summed E-state index contributed by atoms with van der Waals surface area (Å²) in [7, 11) is 0. The summed E-state index contributed by atoms with van der Waals surface area (Å²) in [5.41, 5.74) is 0.762. The molecule has 5 rings (SSSR count). The van der Waals surface area contributed by atoms with Crippen LogP contribution >= 0.6 is 27.5 Å². The Balaban J connectivity index is 1.57. The molecule has 3 amide bonds. The van der Waals surface area contributed by atoms with Crippen LogP contribution in [0.4, 0.5) is 11.4 Å². The SMILES string of the molecule is C=CCN(C(=O)[C@H]1[C@@H]2OC3(CC2Br)C(C(=O)N(CC=C)c2c(C)cccc2Cl)N(CCCCCO)C(=O)[C@H]13)c1ccc(OCC)cc1. The second kappa shape index (κ2) is 14.9. The first kappa shape index (κ1) is 35.1. The van der Waals surface area contributed by atoms with Crippen LogP contribution in [0.1, 0.15) is 38.2 Å². The minimum atomic E-state index is -1.24. The Morgan fingerprint density at radius 3 is 2.45 bits per heavy atom. The molecule has 2 bridgehead atoms. The highest BCUT2D eigenvalue weighted by atomic mass is 79.9. The van der Waals surface area contributed by atoms with Crippen molar-refractivity contribution < 1.29 is 29.0 Å². The highest BCUT2D eigenvalue weighted by Gasteiger charge is 2.77. The van der Waals surface area contributed by atoms with Crippen molar-refractivity contribution in [2.24, 2.45) is 11.8 Å². The number of aliphatic hydroxyl groups excluding tert-OH is 1. The van der Waals surface area contributed by atoms with E-state index in [0.717, 1.165) is 5.56 Å². The molecule has 0 aromatic heterocycles. The van der Waals surface area contributed by atoms with Gasteiger partial charge in [-0.05, 0) is 75.4 Å². The summed E-state index contributed by atoms with van der Waals surface area (Å²) in [5, 5.41) is 9.80. The third-order valence-electron chi connectivity index (χ3n) is 9.44. The largest absolute Gasteiger partial charge is 0.494 e. The smallest absolute Gasteiger partial charge is 0.253 e. The quantitative estimate of drug-likeness (QED) is 0.144. The van der Waals surface area contributed by atoms with Gasteiger partial charge in [0.1, 0.15) is 17.4 Å². The Labute approximate surface area is 290 Å². The summed E-state index contributed by atoms with van der Waals surface area (Å²) in [6, 6.07) is 11.7. The van der Waals surface area contributed by atoms with Gasteiger partial charge in [-0.2, -0.15) is 0 Å². The number of unbranched alkanes of at least 4 members (excludes halogenated alkanes) is 2. The number of aliphatic hydroxyl groups is 1. The Bertz CT molecular complexity index is 1480. The molecule has 2 aromatic rings. The van der Waals surface area contributed by atoms with Crippen LogP contribution in [0.3, 0.4) is 0 Å². The van der Waals surface area contributed by atoms with E-state index >= 15 is 0 Å². The zero-order valence-corrected chi connectivity index (χ0v) is 29.3. The number of rotatable bonds is 15. The molecular formula is C36H43BrClN3O6. The minimum absolute atomic E-state index is 0.0408. The van der Waals surface area contributed by atoms with Crippen LogP contribution in [0.15, 0.2) is 67.8 Å². The molecule has 3 fully saturated rings. The van der Waals surface area contributed by atoms with E-state index in [2.05, 4.69) is 29.1 Å². The van der Waals surface area contributed by atoms with E-state index in [1.165, 1.54) is 0 Å². The van der Waals surface area contributed by atoms with Crippen LogP contribution < -0.4 is 14.5 Å². The van der Waals surface area contributed by atoms with Crippen LogP contribution in [-0.2, 0) is 19.1 Å². The van der Waals surface area contributed by atoms with E-state index in [9.17, 15) is 19.5 Å². The number of halogens is 2. The van der Waals surface area contributed by atoms with Gasteiger partial charge in [0.25, 0.3) is 5.91 Å². The number of aryl methyl sites for hydroxylation is 1. The molecule has 1 N–H and O–H groups in total. The van der Waals surface area contributed by atoms with Gasteiger partial charge >= 0.3 is 0 Å². The number of likely N-dealkylation sites (tertiary alicyclic amines) is 1. The van der Waals surface area contributed by atoms with Gasteiger partial charge in [0.15, 0.2) is 0 Å². The van der Waals surface area contributed by atoms with Crippen molar-refractivity contribution in [3.8, 4) is 5.75 Å². The molecule has 3 unspecified atom stereocenters. The number of carbonyl (C=O) groups excluding carboxylic acids is 3. The molecule has 252 valence electrons. The maximum Gasteiger partial charge on any atom is 0.253 e. The second-order valence-electron chi connectivity index (χ2n) is 12.3. The average molecular weight is 729 g/mol. The summed E-state index contributed by atoms with van der Waals surface area (Å²) < 4.78 is 12.4. The molecule has 0 saturated carbocycles. The standard InChI is InChI=1S/C36H43BrClN3O6/c1-5-18-39(24-14-16-25(17-15-24)46-7-3)33(43)28-29-34(44)41(20-9-8-10-21-42)32(36(29)22-26(37)31(28)47-36)35(45)40(19-6-2)30-23(4)12-11-13-27(30)38/h5-6,11-17,26,28-29,31-32,42H,1-2,7-10,18-22H2,3-4H3/t26?,28-,29+,31-,32?,36?/m1/s1. The molecule has 11 heteroatoms. The fraction of sp³-hybridized carbons (Fsp3) is 0.472. The Morgan fingerprint density at radius 2 is 1.81 bits per heavy atom. The molecule has 3 aliphatic rings. The van der Waals surface area contributed by atoms with Gasteiger partial charge in [-0.25, -0.2) is 0 Å². The lowest BCUT2D eigenvalue weighted by Gasteiger charge is -2.38. The second-order valence-corrected chi connectivity index (χ2v) is 13.9. The summed E-state index contributed by atoms with van der Waals surface area (Å²) >= 11 is 10.5. The zero-order chi connectivity index (χ0) is 33.9. The van der Waals surface area contributed by atoms with Crippen molar-refractivity contribution in [2.45, 2.75) is 62.1 Å². The molecule has 3 aliphatic heterocycles. The van der Waals surface area contributed by atoms with E-state index < -0.39 is 29.6 Å². The molecule has 0 aliphatic carbocycles. The summed E-state index contributed by atoms with van der Waals surface area (Å²) in [6.45, 7) is 12.8. The molecule has 3 saturated heterocycles. The Hall–Kier alpha value is -3.18. The predicted octanol–water partition coefficient (Wildman–Crippen LogP) is 5.70. The number of hydrogen-bond acceptors (Lipinski definition) is 6. The van der Waals surface area contributed by atoms with Gasteiger partial charge in [0.2, 0.25) is 11.8 Å². The molecule has 9 nitrogen and oxygen atoms in total. The van der Waals surface area contributed by atoms with Crippen molar-refractivity contribution in [1.82, 2.24) is 4.90 Å². The first-order valence-electron chi connectivity index (χ1n) is 16.2. The Kier molecular flexibility index (Phi) is 11.2. The van der Waals surface area contributed by atoms with Gasteiger partial charge in [-0.1, -0.05) is 51.8 Å².